The first-order chi connectivity index (χ1) is 11.6. The van der Waals surface area contributed by atoms with Crippen LogP contribution in [-0.2, 0) is 0 Å². The molecule has 2 aromatic rings. The van der Waals surface area contributed by atoms with E-state index in [0.29, 0.717) is 30.2 Å². The summed E-state index contributed by atoms with van der Waals surface area (Å²) in [5.41, 5.74) is 8.65. The zero-order valence-corrected chi connectivity index (χ0v) is 14.3. The maximum atomic E-state index is 12.3. The van der Waals surface area contributed by atoms with E-state index >= 15 is 0 Å². The van der Waals surface area contributed by atoms with Crippen molar-refractivity contribution in [3.8, 4) is 11.5 Å². The fourth-order valence-corrected chi connectivity index (χ4v) is 2.37. The van der Waals surface area contributed by atoms with Gasteiger partial charge < -0.3 is 15.2 Å². The first-order valence-electron chi connectivity index (χ1n) is 8.04. The van der Waals surface area contributed by atoms with Crippen LogP contribution in [0.3, 0.4) is 0 Å². The Kier molecular flexibility index (Phi) is 6.01. The Bertz CT molecular complexity index is 733. The lowest BCUT2D eigenvalue weighted by Crippen LogP contribution is -2.01. The van der Waals surface area contributed by atoms with Gasteiger partial charge in [0.1, 0.15) is 11.5 Å². The lowest BCUT2D eigenvalue weighted by molar-refractivity contribution is 0.104. The number of rotatable bonds is 7. The van der Waals surface area contributed by atoms with Crippen LogP contribution in [0.25, 0.3) is 6.08 Å². The summed E-state index contributed by atoms with van der Waals surface area (Å²) in [6, 6.07) is 10.7. The van der Waals surface area contributed by atoms with Gasteiger partial charge in [-0.15, -0.1) is 0 Å². The lowest BCUT2D eigenvalue weighted by Gasteiger charge is -2.15. The molecule has 0 unspecified atom stereocenters. The van der Waals surface area contributed by atoms with Gasteiger partial charge in [-0.25, -0.2) is 0 Å². The van der Waals surface area contributed by atoms with Crippen molar-refractivity contribution in [3.05, 3.63) is 59.2 Å². The van der Waals surface area contributed by atoms with Crippen LogP contribution < -0.4 is 15.2 Å². The average Bonchev–Trinajstić information content (AvgIpc) is 2.58. The van der Waals surface area contributed by atoms with Gasteiger partial charge in [0, 0.05) is 11.3 Å². The Morgan fingerprint density at radius 2 is 1.71 bits per heavy atom. The van der Waals surface area contributed by atoms with Gasteiger partial charge in [-0.05, 0) is 68.8 Å². The minimum Gasteiger partial charge on any atom is -0.493 e. The molecule has 0 amide bonds. The quantitative estimate of drug-likeness (QED) is 0.469. The van der Waals surface area contributed by atoms with Crippen molar-refractivity contribution in [2.75, 3.05) is 18.9 Å². The Morgan fingerprint density at radius 1 is 1.04 bits per heavy atom. The number of benzene rings is 2. The largest absolute Gasteiger partial charge is 0.493 e. The molecule has 0 radical (unpaired) electrons. The number of ketones is 1. The van der Waals surface area contributed by atoms with Gasteiger partial charge in [-0.2, -0.15) is 0 Å². The highest BCUT2D eigenvalue weighted by Gasteiger charge is 2.12. The van der Waals surface area contributed by atoms with Crippen LogP contribution in [0.5, 0.6) is 11.5 Å². The first-order valence-corrected chi connectivity index (χ1v) is 8.04. The van der Waals surface area contributed by atoms with Gasteiger partial charge in [0.15, 0.2) is 5.78 Å². The molecular formula is C20H23NO3. The molecule has 2 rings (SSSR count). The standard InChI is InChI=1S/C20H23NO3/c1-4-23-19-13-6-14(3)20(24-5-2)17(19)11-12-18(22)15-7-9-16(21)10-8-15/h6-13H,4-5,21H2,1-3H3/b12-11+. The molecule has 0 heterocycles. The van der Waals surface area contributed by atoms with Crippen molar-refractivity contribution < 1.29 is 14.3 Å². The predicted octanol–water partition coefficient (Wildman–Crippen LogP) is 4.27. The van der Waals surface area contributed by atoms with E-state index in [2.05, 4.69) is 0 Å². The second-order valence-corrected chi connectivity index (χ2v) is 5.31. The number of carbonyl (C=O) groups is 1. The molecular weight excluding hydrogens is 302 g/mol. The van der Waals surface area contributed by atoms with Gasteiger partial charge in [0.25, 0.3) is 0 Å². The van der Waals surface area contributed by atoms with Gasteiger partial charge in [-0.3, -0.25) is 4.79 Å². The predicted molar refractivity (Wildman–Crippen MR) is 97.7 cm³/mol. The minimum atomic E-state index is -0.0959. The summed E-state index contributed by atoms with van der Waals surface area (Å²) in [4.78, 5) is 12.3. The van der Waals surface area contributed by atoms with Crippen molar-refractivity contribution in [2.24, 2.45) is 0 Å². The summed E-state index contributed by atoms with van der Waals surface area (Å²) in [5, 5.41) is 0. The summed E-state index contributed by atoms with van der Waals surface area (Å²) in [6.07, 6.45) is 3.28. The van der Waals surface area contributed by atoms with Crippen molar-refractivity contribution in [1.29, 1.82) is 0 Å². The van der Waals surface area contributed by atoms with Crippen LogP contribution in [0.15, 0.2) is 42.5 Å². The molecule has 2 aromatic carbocycles. The van der Waals surface area contributed by atoms with Crippen LogP contribution in [0, 0.1) is 6.92 Å². The number of hydrogen-bond donors (Lipinski definition) is 1. The molecule has 0 bridgehead atoms. The zero-order valence-electron chi connectivity index (χ0n) is 14.3. The molecule has 4 heteroatoms. The summed E-state index contributed by atoms with van der Waals surface area (Å²) >= 11 is 0. The third-order valence-corrected chi connectivity index (χ3v) is 3.54. The third-order valence-electron chi connectivity index (χ3n) is 3.54. The van der Waals surface area contributed by atoms with E-state index in [1.54, 1.807) is 30.3 Å². The summed E-state index contributed by atoms with van der Waals surface area (Å²) in [7, 11) is 0. The summed E-state index contributed by atoms with van der Waals surface area (Å²) in [5.74, 6) is 1.35. The van der Waals surface area contributed by atoms with E-state index in [1.165, 1.54) is 6.08 Å². The molecule has 126 valence electrons. The number of allylic oxidation sites excluding steroid dienone is 1. The molecule has 0 saturated heterocycles. The topological polar surface area (TPSA) is 61.5 Å². The van der Waals surface area contributed by atoms with Crippen LogP contribution in [0.2, 0.25) is 0 Å². The monoisotopic (exact) mass is 325 g/mol. The van der Waals surface area contributed by atoms with Gasteiger partial charge in [-0.1, -0.05) is 6.07 Å². The normalized spacial score (nSPS) is 10.8. The molecule has 4 nitrogen and oxygen atoms in total. The van der Waals surface area contributed by atoms with Crippen molar-refractivity contribution >= 4 is 17.5 Å². The third kappa shape index (κ3) is 4.16. The Labute approximate surface area is 142 Å². The van der Waals surface area contributed by atoms with Gasteiger partial charge in [0.2, 0.25) is 0 Å². The van der Waals surface area contributed by atoms with E-state index < -0.39 is 0 Å². The van der Waals surface area contributed by atoms with Crippen molar-refractivity contribution in [3.63, 3.8) is 0 Å². The van der Waals surface area contributed by atoms with Gasteiger partial charge in [0.05, 0.1) is 18.8 Å². The van der Waals surface area contributed by atoms with Crippen molar-refractivity contribution in [2.45, 2.75) is 20.8 Å². The van der Waals surface area contributed by atoms with E-state index in [1.807, 2.05) is 32.9 Å². The number of ether oxygens (including phenoxy) is 2. The average molecular weight is 325 g/mol. The first kappa shape index (κ1) is 17.6. The molecule has 0 fully saturated rings. The Balaban J connectivity index is 2.37. The second kappa shape index (κ2) is 8.20. The second-order valence-electron chi connectivity index (χ2n) is 5.31. The zero-order chi connectivity index (χ0) is 17.5. The molecule has 0 saturated carbocycles. The van der Waals surface area contributed by atoms with E-state index in [-0.39, 0.29) is 5.78 Å². The highest BCUT2D eigenvalue weighted by molar-refractivity contribution is 6.07. The molecule has 0 aliphatic carbocycles. The van der Waals surface area contributed by atoms with E-state index in [9.17, 15) is 4.79 Å². The molecule has 0 aromatic heterocycles. The van der Waals surface area contributed by atoms with Crippen LogP contribution in [0.1, 0.15) is 35.3 Å². The van der Waals surface area contributed by atoms with Crippen LogP contribution in [-0.4, -0.2) is 19.0 Å². The molecule has 2 N–H and O–H groups in total. The lowest BCUT2D eigenvalue weighted by atomic mass is 10.1. The van der Waals surface area contributed by atoms with Gasteiger partial charge >= 0.3 is 0 Å². The molecule has 0 spiro atoms. The SMILES string of the molecule is CCOc1ccc(C)c(OCC)c1/C=C/C(=O)c1ccc(N)cc1. The summed E-state index contributed by atoms with van der Waals surface area (Å²) in [6.45, 7) is 6.91. The van der Waals surface area contributed by atoms with Crippen LogP contribution >= 0.6 is 0 Å². The number of nitrogen functional groups attached to an aromatic ring is 1. The Morgan fingerprint density at radius 3 is 2.33 bits per heavy atom. The highest BCUT2D eigenvalue weighted by atomic mass is 16.5. The number of hydrogen-bond acceptors (Lipinski definition) is 4. The number of carbonyl (C=O) groups excluding carboxylic acids is 1. The molecule has 0 aliphatic heterocycles. The van der Waals surface area contributed by atoms with E-state index in [0.717, 1.165) is 16.9 Å². The van der Waals surface area contributed by atoms with Crippen molar-refractivity contribution in [1.82, 2.24) is 0 Å². The number of nitrogens with two attached hydrogens (primary N) is 1. The number of aryl methyl sites for hydroxylation is 1. The number of anilines is 1. The van der Waals surface area contributed by atoms with Crippen LogP contribution in [0.4, 0.5) is 5.69 Å². The summed E-state index contributed by atoms with van der Waals surface area (Å²) < 4.78 is 11.4. The Hall–Kier alpha value is -2.75. The fraction of sp³-hybridized carbons (Fsp3) is 0.250. The minimum absolute atomic E-state index is 0.0959. The maximum Gasteiger partial charge on any atom is 0.185 e. The maximum absolute atomic E-state index is 12.3. The molecule has 0 atom stereocenters. The fourth-order valence-electron chi connectivity index (χ4n) is 2.37. The molecule has 24 heavy (non-hydrogen) atoms. The van der Waals surface area contributed by atoms with E-state index in [4.69, 9.17) is 15.2 Å². The highest BCUT2D eigenvalue weighted by Crippen LogP contribution is 2.33. The molecule has 0 aliphatic rings. The smallest absolute Gasteiger partial charge is 0.185 e.